The molecule has 10 nitrogen and oxygen atoms in total. The molecule has 18 heavy (non-hydrogen) atoms. The first-order chi connectivity index (χ1) is 8.40. The van der Waals surface area contributed by atoms with Gasteiger partial charge in [0.05, 0.1) is 0 Å². The molecule has 92 valence electrons. The van der Waals surface area contributed by atoms with Gasteiger partial charge in [-0.05, 0) is 0 Å². The fourth-order valence-corrected chi connectivity index (χ4v) is 0.765. The third kappa shape index (κ3) is 3.52. The van der Waals surface area contributed by atoms with Gasteiger partial charge >= 0.3 is 11.9 Å². The molecular formula is C8H4N4O6. The van der Waals surface area contributed by atoms with Gasteiger partial charge in [-0.25, -0.2) is 9.59 Å². The number of hydrogen-bond acceptors (Lipinski definition) is 6. The van der Waals surface area contributed by atoms with Crippen molar-refractivity contribution in [2.24, 2.45) is 20.5 Å². The molecule has 0 fully saturated rings. The number of aliphatic carboxylic acids is 2. The standard InChI is InChI=1S/2C4H2N2O3/c2*7-3-1-2(4(8)9)5-6-3/h2*1H,(H,8,9). The zero-order valence-corrected chi connectivity index (χ0v) is 8.47. The summed E-state index contributed by atoms with van der Waals surface area (Å²) in [5.74, 6) is -3.70. The Labute approximate surface area is 98.0 Å². The lowest BCUT2D eigenvalue weighted by atomic mass is 10.4. The maximum Gasteiger partial charge on any atom is 0.356 e. The summed E-state index contributed by atoms with van der Waals surface area (Å²) in [6.07, 6.45) is 1.73. The molecule has 0 aliphatic carbocycles. The van der Waals surface area contributed by atoms with Crippen LogP contribution in [0, 0.1) is 0 Å². The van der Waals surface area contributed by atoms with Gasteiger partial charge in [0.25, 0.3) is 11.8 Å². The van der Waals surface area contributed by atoms with Crippen LogP contribution in [0.3, 0.4) is 0 Å². The summed E-state index contributed by atoms with van der Waals surface area (Å²) in [5, 5.41) is 28.3. The fourth-order valence-electron chi connectivity index (χ4n) is 0.765. The molecule has 0 atom stereocenters. The average molecular weight is 252 g/mol. The number of carboxylic acid groups (broad SMARTS) is 2. The van der Waals surface area contributed by atoms with Crippen LogP contribution in [0.5, 0.6) is 0 Å². The summed E-state index contributed by atoms with van der Waals surface area (Å²) in [6.45, 7) is 0. The molecule has 2 rings (SSSR count). The summed E-state index contributed by atoms with van der Waals surface area (Å²) in [7, 11) is 0. The van der Waals surface area contributed by atoms with E-state index in [0.717, 1.165) is 12.2 Å². The second-order valence-electron chi connectivity index (χ2n) is 2.75. The van der Waals surface area contributed by atoms with Crippen molar-refractivity contribution >= 4 is 23.8 Å². The second kappa shape index (κ2) is 5.34. The van der Waals surface area contributed by atoms with Crippen LogP contribution in [0.2, 0.25) is 0 Å². The third-order valence-corrected chi connectivity index (χ3v) is 1.47. The van der Waals surface area contributed by atoms with E-state index in [1.807, 2.05) is 0 Å². The summed E-state index contributed by atoms with van der Waals surface area (Å²) in [4.78, 5) is 40.3. The van der Waals surface area contributed by atoms with Gasteiger partial charge in [-0.2, -0.15) is 0 Å². The lowest BCUT2D eigenvalue weighted by Gasteiger charge is -1.79. The van der Waals surface area contributed by atoms with Crippen molar-refractivity contribution in [1.82, 2.24) is 0 Å². The Hall–Kier alpha value is -3.04. The number of azo groups is 2. The Morgan fingerprint density at radius 3 is 1.22 bits per heavy atom. The Morgan fingerprint density at radius 2 is 1.11 bits per heavy atom. The van der Waals surface area contributed by atoms with Crippen LogP contribution < -0.4 is 0 Å². The lowest BCUT2D eigenvalue weighted by Crippen LogP contribution is -1.95. The highest BCUT2D eigenvalue weighted by molar-refractivity contribution is 6.00. The highest BCUT2D eigenvalue weighted by atomic mass is 16.4. The number of carbonyl (C=O) groups is 4. The van der Waals surface area contributed by atoms with E-state index in [2.05, 4.69) is 20.5 Å². The van der Waals surface area contributed by atoms with Crippen LogP contribution >= 0.6 is 0 Å². The van der Waals surface area contributed by atoms with Crippen LogP contribution in [0.4, 0.5) is 0 Å². The second-order valence-corrected chi connectivity index (χ2v) is 2.75. The SMILES string of the molecule is O=C1C=C(C(=O)O)N=N1.O=C1C=C(C(=O)O)N=N1. The Balaban J connectivity index is 0.000000180. The first-order valence-electron chi connectivity index (χ1n) is 4.21. The highest BCUT2D eigenvalue weighted by Crippen LogP contribution is 2.06. The Morgan fingerprint density at radius 1 is 0.778 bits per heavy atom. The van der Waals surface area contributed by atoms with Crippen LogP contribution in [-0.2, 0) is 19.2 Å². The van der Waals surface area contributed by atoms with Crippen molar-refractivity contribution < 1.29 is 29.4 Å². The highest BCUT2D eigenvalue weighted by Gasteiger charge is 2.14. The zero-order valence-electron chi connectivity index (χ0n) is 8.47. The van der Waals surface area contributed by atoms with Crippen LogP contribution in [0.25, 0.3) is 0 Å². The van der Waals surface area contributed by atoms with Gasteiger partial charge in [-0.3, -0.25) is 9.59 Å². The number of rotatable bonds is 2. The molecule has 0 radical (unpaired) electrons. The molecule has 2 aliphatic rings. The molecule has 0 spiro atoms. The minimum atomic E-state index is -1.23. The first-order valence-corrected chi connectivity index (χ1v) is 4.21. The molecule has 2 heterocycles. The average Bonchev–Trinajstić information content (AvgIpc) is 2.88. The molecule has 0 saturated carbocycles. The van der Waals surface area contributed by atoms with Gasteiger partial charge in [0.2, 0.25) is 0 Å². The van der Waals surface area contributed by atoms with Gasteiger partial charge in [-0.15, -0.1) is 20.5 Å². The van der Waals surface area contributed by atoms with Gasteiger partial charge < -0.3 is 10.2 Å². The van der Waals surface area contributed by atoms with Crippen molar-refractivity contribution in [3.63, 3.8) is 0 Å². The van der Waals surface area contributed by atoms with Crippen molar-refractivity contribution in [3.8, 4) is 0 Å². The monoisotopic (exact) mass is 252 g/mol. The van der Waals surface area contributed by atoms with E-state index in [4.69, 9.17) is 10.2 Å². The van der Waals surface area contributed by atoms with Gasteiger partial charge in [0, 0.05) is 12.2 Å². The van der Waals surface area contributed by atoms with E-state index in [1.54, 1.807) is 0 Å². The quantitative estimate of drug-likeness (QED) is 0.697. The maximum atomic E-state index is 10.2. The van der Waals surface area contributed by atoms with Gasteiger partial charge in [0.15, 0.2) is 11.4 Å². The third-order valence-electron chi connectivity index (χ3n) is 1.47. The lowest BCUT2D eigenvalue weighted by molar-refractivity contribution is -0.133. The Bertz CT molecular complexity index is 506. The molecule has 10 heteroatoms. The summed E-state index contributed by atoms with van der Waals surface area (Å²) < 4.78 is 0. The molecule has 0 aromatic heterocycles. The minimum Gasteiger partial charge on any atom is -0.476 e. The van der Waals surface area contributed by atoms with Crippen LogP contribution in [-0.4, -0.2) is 34.0 Å². The minimum absolute atomic E-state index is 0.306. The predicted octanol–water partition coefficient (Wildman–Crippen LogP) is -0.105. The van der Waals surface area contributed by atoms with Crippen LogP contribution in [0.15, 0.2) is 44.0 Å². The Kier molecular flexibility index (Phi) is 3.86. The molecule has 0 saturated heterocycles. The number of carboxylic acids is 2. The number of carbonyl (C=O) groups excluding carboxylic acids is 2. The predicted molar refractivity (Wildman–Crippen MR) is 51.2 cm³/mol. The topological polar surface area (TPSA) is 158 Å². The molecule has 2 amide bonds. The number of hydrogen-bond donors (Lipinski definition) is 2. The van der Waals surface area contributed by atoms with Crippen molar-refractivity contribution in [2.45, 2.75) is 0 Å². The summed E-state index contributed by atoms with van der Waals surface area (Å²) in [6, 6.07) is 0. The van der Waals surface area contributed by atoms with E-state index in [0.29, 0.717) is 0 Å². The number of amides is 2. The molecule has 0 aromatic rings. The van der Waals surface area contributed by atoms with E-state index in [1.165, 1.54) is 0 Å². The zero-order chi connectivity index (χ0) is 13.7. The largest absolute Gasteiger partial charge is 0.476 e. The van der Waals surface area contributed by atoms with E-state index >= 15 is 0 Å². The normalized spacial score (nSPS) is 16.0. The molecule has 0 aromatic carbocycles. The number of nitrogens with zero attached hydrogens (tertiary/aromatic N) is 4. The van der Waals surface area contributed by atoms with Gasteiger partial charge in [0.1, 0.15) is 0 Å². The summed E-state index contributed by atoms with van der Waals surface area (Å²) in [5.41, 5.74) is -0.611. The smallest absolute Gasteiger partial charge is 0.356 e. The van der Waals surface area contributed by atoms with E-state index in [9.17, 15) is 19.2 Å². The fraction of sp³-hybridized carbons (Fsp3) is 0. The van der Waals surface area contributed by atoms with Crippen molar-refractivity contribution in [1.29, 1.82) is 0 Å². The maximum absolute atomic E-state index is 10.2. The first kappa shape index (κ1) is 13.0. The van der Waals surface area contributed by atoms with Crippen molar-refractivity contribution in [2.75, 3.05) is 0 Å². The van der Waals surface area contributed by atoms with Crippen LogP contribution in [0.1, 0.15) is 0 Å². The van der Waals surface area contributed by atoms with Gasteiger partial charge in [-0.1, -0.05) is 0 Å². The van der Waals surface area contributed by atoms with Crippen molar-refractivity contribution in [3.05, 3.63) is 23.5 Å². The molecule has 2 N–H and O–H groups in total. The molecule has 0 bridgehead atoms. The molecule has 2 aliphatic heterocycles. The van der Waals surface area contributed by atoms with E-state index < -0.39 is 23.8 Å². The van der Waals surface area contributed by atoms with E-state index in [-0.39, 0.29) is 11.4 Å². The summed E-state index contributed by atoms with van der Waals surface area (Å²) >= 11 is 0. The molecule has 0 unspecified atom stereocenters. The molecular weight excluding hydrogens is 248 g/mol.